The maximum atomic E-state index is 12.0. The first-order chi connectivity index (χ1) is 11.2. The number of para-hydroxylation sites is 1. The van der Waals surface area contributed by atoms with E-state index in [0.29, 0.717) is 0 Å². The number of carbonyl (C=O) groups excluding carboxylic acids is 1. The van der Waals surface area contributed by atoms with E-state index in [2.05, 4.69) is 15.5 Å². The number of amides is 1. The largest absolute Gasteiger partial charge is 0.483 e. The Labute approximate surface area is 134 Å². The minimum atomic E-state index is -0.192. The monoisotopic (exact) mass is 307 g/mol. The Kier molecular flexibility index (Phi) is 4.38. The molecule has 0 aliphatic carbocycles. The Hall–Kier alpha value is -3.08. The van der Waals surface area contributed by atoms with Crippen LogP contribution in [0.25, 0.3) is 11.3 Å². The summed E-state index contributed by atoms with van der Waals surface area (Å²) in [4.78, 5) is 12.0. The van der Waals surface area contributed by atoms with Crippen LogP contribution in [0.5, 0.6) is 5.75 Å². The Morgan fingerprint density at radius 2 is 1.91 bits per heavy atom. The van der Waals surface area contributed by atoms with Gasteiger partial charge in [-0.3, -0.25) is 9.89 Å². The third kappa shape index (κ3) is 3.77. The minimum Gasteiger partial charge on any atom is -0.483 e. The summed E-state index contributed by atoms with van der Waals surface area (Å²) >= 11 is 0. The van der Waals surface area contributed by atoms with Gasteiger partial charge in [0.15, 0.2) is 6.61 Å². The van der Waals surface area contributed by atoms with Crippen molar-refractivity contribution in [3.8, 4) is 17.0 Å². The maximum Gasteiger partial charge on any atom is 0.262 e. The predicted molar refractivity (Wildman–Crippen MR) is 89.3 cm³/mol. The van der Waals surface area contributed by atoms with Crippen molar-refractivity contribution in [1.82, 2.24) is 10.2 Å². The molecule has 0 saturated heterocycles. The van der Waals surface area contributed by atoms with E-state index in [9.17, 15) is 4.79 Å². The van der Waals surface area contributed by atoms with Gasteiger partial charge in [-0.05, 0) is 42.3 Å². The molecule has 5 heteroatoms. The molecule has 0 aliphatic heterocycles. The van der Waals surface area contributed by atoms with Gasteiger partial charge >= 0.3 is 0 Å². The highest BCUT2D eigenvalue weighted by Crippen LogP contribution is 2.19. The number of nitrogens with zero attached hydrogens (tertiary/aromatic N) is 1. The molecule has 23 heavy (non-hydrogen) atoms. The summed E-state index contributed by atoms with van der Waals surface area (Å²) in [6.07, 6.45) is 1.70. The van der Waals surface area contributed by atoms with E-state index >= 15 is 0 Å². The smallest absolute Gasteiger partial charge is 0.262 e. The highest BCUT2D eigenvalue weighted by molar-refractivity contribution is 5.92. The van der Waals surface area contributed by atoms with Gasteiger partial charge in [-0.15, -0.1) is 0 Å². The number of ether oxygens (including phenoxy) is 1. The average molecular weight is 307 g/mol. The fraction of sp³-hybridized carbons (Fsp3) is 0.111. The number of hydrogen-bond donors (Lipinski definition) is 2. The van der Waals surface area contributed by atoms with Crippen LogP contribution in [-0.4, -0.2) is 22.7 Å². The molecular weight excluding hydrogens is 290 g/mol. The van der Waals surface area contributed by atoms with Gasteiger partial charge in [-0.1, -0.05) is 30.3 Å². The molecule has 0 unspecified atom stereocenters. The van der Waals surface area contributed by atoms with Gasteiger partial charge in [0.25, 0.3) is 5.91 Å². The number of hydrogen-bond acceptors (Lipinski definition) is 3. The molecule has 0 spiro atoms. The average Bonchev–Trinajstić information content (AvgIpc) is 3.09. The molecule has 3 aromatic rings. The predicted octanol–water partition coefficient (Wildman–Crippen LogP) is 3.40. The van der Waals surface area contributed by atoms with E-state index in [0.717, 1.165) is 28.3 Å². The molecule has 1 amide bonds. The summed E-state index contributed by atoms with van der Waals surface area (Å²) in [5.41, 5.74) is 3.68. The van der Waals surface area contributed by atoms with Gasteiger partial charge in [0.1, 0.15) is 5.75 Å². The van der Waals surface area contributed by atoms with Gasteiger partial charge in [0.05, 0.1) is 5.69 Å². The molecule has 1 heterocycles. The Balaban J connectivity index is 1.57. The molecule has 0 radical (unpaired) electrons. The molecule has 0 aliphatic rings. The van der Waals surface area contributed by atoms with Crippen molar-refractivity contribution in [3.63, 3.8) is 0 Å². The molecule has 116 valence electrons. The van der Waals surface area contributed by atoms with E-state index in [1.807, 2.05) is 61.5 Å². The topological polar surface area (TPSA) is 67.0 Å². The zero-order chi connectivity index (χ0) is 16.1. The van der Waals surface area contributed by atoms with E-state index in [4.69, 9.17) is 4.74 Å². The molecular formula is C18H17N3O2. The lowest BCUT2D eigenvalue weighted by Crippen LogP contribution is -2.20. The van der Waals surface area contributed by atoms with Crippen molar-refractivity contribution in [2.24, 2.45) is 0 Å². The lowest BCUT2D eigenvalue weighted by atomic mass is 10.1. The van der Waals surface area contributed by atoms with Crippen molar-refractivity contribution in [2.75, 3.05) is 11.9 Å². The van der Waals surface area contributed by atoms with Crippen LogP contribution >= 0.6 is 0 Å². The Morgan fingerprint density at radius 1 is 1.13 bits per heavy atom. The molecule has 5 nitrogen and oxygen atoms in total. The third-order valence-corrected chi connectivity index (χ3v) is 3.43. The number of anilines is 1. The lowest BCUT2D eigenvalue weighted by molar-refractivity contribution is -0.118. The van der Waals surface area contributed by atoms with Crippen molar-refractivity contribution in [3.05, 3.63) is 66.4 Å². The molecule has 0 atom stereocenters. The lowest BCUT2D eigenvalue weighted by Gasteiger charge is -2.09. The summed E-state index contributed by atoms with van der Waals surface area (Å²) in [7, 11) is 0. The molecule has 0 bridgehead atoms. The van der Waals surface area contributed by atoms with Gasteiger partial charge in [0, 0.05) is 11.9 Å². The number of aromatic nitrogens is 2. The molecule has 3 rings (SSSR count). The van der Waals surface area contributed by atoms with Crippen molar-refractivity contribution in [1.29, 1.82) is 0 Å². The first kappa shape index (κ1) is 14.8. The summed E-state index contributed by atoms with van der Waals surface area (Å²) in [5.74, 6) is 0.528. The molecule has 0 saturated carbocycles. The summed E-state index contributed by atoms with van der Waals surface area (Å²) < 4.78 is 5.53. The van der Waals surface area contributed by atoms with E-state index in [1.165, 1.54) is 0 Å². The number of aryl methyl sites for hydroxylation is 1. The van der Waals surface area contributed by atoms with Crippen molar-refractivity contribution in [2.45, 2.75) is 6.92 Å². The normalized spacial score (nSPS) is 10.3. The van der Waals surface area contributed by atoms with Gasteiger partial charge in [0.2, 0.25) is 0 Å². The standard InChI is InChI=1S/C18H17N3O2/c1-13-4-2-3-5-17(13)23-12-18(22)20-15-8-6-14(7-9-15)16-10-11-19-21-16/h2-11H,12H2,1H3,(H,19,21)(H,20,22). The molecule has 2 N–H and O–H groups in total. The first-order valence-corrected chi connectivity index (χ1v) is 7.30. The van der Waals surface area contributed by atoms with Crippen LogP contribution < -0.4 is 10.1 Å². The van der Waals surface area contributed by atoms with Crippen LogP contribution in [0.2, 0.25) is 0 Å². The van der Waals surface area contributed by atoms with E-state index < -0.39 is 0 Å². The molecule has 1 aromatic heterocycles. The number of aromatic amines is 1. The summed E-state index contributed by atoms with van der Waals surface area (Å²) in [6, 6.07) is 17.0. The van der Waals surface area contributed by atoms with Crippen LogP contribution in [0, 0.1) is 6.92 Å². The fourth-order valence-corrected chi connectivity index (χ4v) is 2.21. The second-order valence-electron chi connectivity index (χ2n) is 5.15. The SMILES string of the molecule is Cc1ccccc1OCC(=O)Nc1ccc(-c2ccn[nH]2)cc1. The molecule has 2 aromatic carbocycles. The maximum absolute atomic E-state index is 12.0. The zero-order valence-electron chi connectivity index (χ0n) is 12.7. The van der Waals surface area contributed by atoms with Crippen LogP contribution in [0.1, 0.15) is 5.56 Å². The quantitative estimate of drug-likeness (QED) is 0.759. The van der Waals surface area contributed by atoms with Crippen LogP contribution in [0.3, 0.4) is 0 Å². The number of nitrogens with one attached hydrogen (secondary N) is 2. The van der Waals surface area contributed by atoms with Crippen molar-refractivity contribution < 1.29 is 9.53 Å². The number of carbonyl (C=O) groups is 1. The number of benzene rings is 2. The Bertz CT molecular complexity index is 780. The van der Waals surface area contributed by atoms with E-state index in [-0.39, 0.29) is 12.5 Å². The second-order valence-corrected chi connectivity index (χ2v) is 5.15. The fourth-order valence-electron chi connectivity index (χ4n) is 2.21. The highest BCUT2D eigenvalue weighted by Gasteiger charge is 2.06. The van der Waals surface area contributed by atoms with Crippen LogP contribution in [0.4, 0.5) is 5.69 Å². The van der Waals surface area contributed by atoms with Crippen molar-refractivity contribution >= 4 is 11.6 Å². The van der Waals surface area contributed by atoms with Gasteiger partial charge in [-0.2, -0.15) is 5.10 Å². The number of H-pyrrole nitrogens is 1. The summed E-state index contributed by atoms with van der Waals surface area (Å²) in [5, 5.41) is 9.63. The summed E-state index contributed by atoms with van der Waals surface area (Å²) in [6.45, 7) is 1.93. The zero-order valence-corrected chi connectivity index (χ0v) is 12.7. The molecule has 0 fully saturated rings. The second kappa shape index (κ2) is 6.79. The van der Waals surface area contributed by atoms with E-state index in [1.54, 1.807) is 6.20 Å². The number of rotatable bonds is 5. The minimum absolute atomic E-state index is 0.0207. The highest BCUT2D eigenvalue weighted by atomic mass is 16.5. The Morgan fingerprint density at radius 3 is 2.61 bits per heavy atom. The van der Waals surface area contributed by atoms with Crippen LogP contribution in [0.15, 0.2) is 60.8 Å². The van der Waals surface area contributed by atoms with Crippen LogP contribution in [-0.2, 0) is 4.79 Å². The first-order valence-electron chi connectivity index (χ1n) is 7.30. The van der Waals surface area contributed by atoms with Gasteiger partial charge < -0.3 is 10.1 Å². The third-order valence-electron chi connectivity index (χ3n) is 3.43. The van der Waals surface area contributed by atoms with Gasteiger partial charge in [-0.25, -0.2) is 0 Å².